The highest BCUT2D eigenvalue weighted by Gasteiger charge is 2.31. The fourth-order valence-corrected chi connectivity index (χ4v) is 5.61. The molecule has 6 nitrogen and oxygen atoms in total. The molecule has 182 valence electrons. The predicted molar refractivity (Wildman–Crippen MR) is 140 cm³/mol. The quantitative estimate of drug-likeness (QED) is 0.436. The van der Waals surface area contributed by atoms with Crippen LogP contribution < -0.4 is 9.80 Å². The highest BCUT2D eigenvalue weighted by Crippen LogP contribution is 2.29. The molecule has 3 aromatic rings. The molecule has 1 amide bonds. The lowest BCUT2D eigenvalue weighted by atomic mass is 9.83. The van der Waals surface area contributed by atoms with Gasteiger partial charge in [0.15, 0.2) is 11.6 Å². The smallest absolute Gasteiger partial charge is 0.253 e. The van der Waals surface area contributed by atoms with Crippen LogP contribution in [0.2, 0.25) is 0 Å². The normalized spacial score (nSPS) is 17.6. The first-order valence-electron chi connectivity index (χ1n) is 12.8. The summed E-state index contributed by atoms with van der Waals surface area (Å²) in [5.74, 6) is -0.469. The van der Waals surface area contributed by atoms with E-state index in [0.717, 1.165) is 26.2 Å². The first-order valence-corrected chi connectivity index (χ1v) is 12.8. The van der Waals surface area contributed by atoms with Gasteiger partial charge < -0.3 is 14.7 Å². The Hall–Kier alpha value is -3.93. The van der Waals surface area contributed by atoms with Crippen molar-refractivity contribution in [3.63, 3.8) is 0 Å². The van der Waals surface area contributed by atoms with Crippen LogP contribution in [-0.2, 0) is 0 Å². The lowest BCUT2D eigenvalue weighted by Gasteiger charge is -2.36. The summed E-state index contributed by atoms with van der Waals surface area (Å²) in [5.41, 5.74) is 4.43. The fourth-order valence-electron chi connectivity index (χ4n) is 5.61. The largest absolute Gasteiger partial charge is 0.372 e. The molecule has 0 saturated carbocycles. The van der Waals surface area contributed by atoms with Crippen molar-refractivity contribution in [1.29, 1.82) is 0 Å². The summed E-state index contributed by atoms with van der Waals surface area (Å²) in [6, 6.07) is 20.6. The molecule has 0 bridgehead atoms. The molecular weight excluding hydrogens is 450 g/mol. The number of piperazine rings is 1. The highest BCUT2D eigenvalue weighted by atomic mass is 16.2. The van der Waals surface area contributed by atoms with Gasteiger partial charge in [-0.15, -0.1) is 0 Å². The molecule has 0 radical (unpaired) electrons. The topological polar surface area (TPSA) is 60.9 Å². The minimum atomic E-state index is -0.201. The van der Waals surface area contributed by atoms with E-state index in [2.05, 4.69) is 34.1 Å². The zero-order valence-electron chi connectivity index (χ0n) is 20.3. The van der Waals surface area contributed by atoms with Gasteiger partial charge in [0.25, 0.3) is 5.91 Å². The van der Waals surface area contributed by atoms with Crippen molar-refractivity contribution in [3.05, 3.63) is 94.5 Å². The Morgan fingerprint density at radius 1 is 0.556 bits per heavy atom. The number of carbonyl (C=O) groups excluding carboxylic acids is 3. The Kier molecular flexibility index (Phi) is 5.80. The number of hydrogen-bond donors (Lipinski definition) is 0. The molecule has 2 aliphatic heterocycles. The SMILES string of the molecule is O=C1c2ccccc2C(=O)c2cc(C(=O)N3CCN(c4ccc(N5CCCCC5)cc4)CC3)ccc21. The van der Waals surface area contributed by atoms with Crippen LogP contribution in [0.1, 0.15) is 61.5 Å². The number of nitrogens with zero attached hydrogens (tertiary/aromatic N) is 3. The number of fused-ring (bicyclic) bond motifs is 2. The van der Waals surface area contributed by atoms with Crippen LogP contribution >= 0.6 is 0 Å². The molecular formula is C30H29N3O3. The Balaban J connectivity index is 1.13. The van der Waals surface area contributed by atoms with Crippen molar-refractivity contribution in [2.24, 2.45) is 0 Å². The van der Waals surface area contributed by atoms with Crippen LogP contribution in [0.15, 0.2) is 66.7 Å². The average Bonchev–Trinajstić information content (AvgIpc) is 2.96. The summed E-state index contributed by atoms with van der Waals surface area (Å²) in [6.45, 7) is 5.00. The monoisotopic (exact) mass is 479 g/mol. The van der Waals surface area contributed by atoms with Gasteiger partial charge in [0.2, 0.25) is 0 Å². The summed E-state index contributed by atoms with van der Waals surface area (Å²) in [4.78, 5) is 45.8. The molecule has 0 N–H and O–H groups in total. The van der Waals surface area contributed by atoms with Gasteiger partial charge in [0.1, 0.15) is 0 Å². The molecule has 3 aliphatic rings. The summed E-state index contributed by atoms with van der Waals surface area (Å²) in [6.07, 6.45) is 3.85. The van der Waals surface area contributed by atoms with Crippen LogP contribution in [-0.4, -0.2) is 61.6 Å². The van der Waals surface area contributed by atoms with Crippen LogP contribution in [0.3, 0.4) is 0 Å². The van der Waals surface area contributed by atoms with Crippen LogP contribution in [0.4, 0.5) is 11.4 Å². The zero-order valence-corrected chi connectivity index (χ0v) is 20.3. The van der Waals surface area contributed by atoms with E-state index in [1.807, 2.05) is 4.90 Å². The third-order valence-electron chi connectivity index (χ3n) is 7.68. The number of rotatable bonds is 3. The first-order chi connectivity index (χ1) is 17.6. The standard InChI is InChI=1S/C30H29N3O3/c34-28-24-6-2-3-7-25(24)29(35)27-20-21(8-13-26(27)28)30(36)33-18-16-32(17-19-33)23-11-9-22(10-12-23)31-14-4-1-5-15-31/h2-3,6-13,20H,1,4-5,14-19H2. The van der Waals surface area contributed by atoms with E-state index < -0.39 is 0 Å². The molecule has 0 unspecified atom stereocenters. The number of anilines is 2. The third kappa shape index (κ3) is 3.96. The van der Waals surface area contributed by atoms with Crippen molar-refractivity contribution < 1.29 is 14.4 Å². The number of ketones is 2. The first kappa shape index (κ1) is 22.5. The van der Waals surface area contributed by atoms with Crippen molar-refractivity contribution >= 4 is 28.8 Å². The third-order valence-corrected chi connectivity index (χ3v) is 7.68. The van der Waals surface area contributed by atoms with Gasteiger partial charge in [-0.2, -0.15) is 0 Å². The Labute approximate surface area is 211 Å². The maximum absolute atomic E-state index is 13.3. The molecule has 36 heavy (non-hydrogen) atoms. The summed E-state index contributed by atoms with van der Waals surface area (Å²) < 4.78 is 0. The van der Waals surface area contributed by atoms with Crippen LogP contribution in [0.25, 0.3) is 0 Å². The van der Waals surface area contributed by atoms with Gasteiger partial charge in [-0.05, 0) is 61.7 Å². The minimum Gasteiger partial charge on any atom is -0.372 e. The molecule has 2 heterocycles. The van der Waals surface area contributed by atoms with Crippen LogP contribution in [0.5, 0.6) is 0 Å². The van der Waals surface area contributed by atoms with E-state index in [9.17, 15) is 14.4 Å². The second-order valence-corrected chi connectivity index (χ2v) is 9.81. The van der Waals surface area contributed by atoms with Gasteiger partial charge in [-0.25, -0.2) is 0 Å². The van der Waals surface area contributed by atoms with Crippen molar-refractivity contribution in [1.82, 2.24) is 4.90 Å². The van der Waals surface area contributed by atoms with Gasteiger partial charge in [-0.1, -0.05) is 24.3 Å². The maximum atomic E-state index is 13.3. The lowest BCUT2D eigenvalue weighted by molar-refractivity contribution is 0.0746. The van der Waals surface area contributed by atoms with Crippen molar-refractivity contribution in [2.45, 2.75) is 19.3 Å². The van der Waals surface area contributed by atoms with Crippen molar-refractivity contribution in [3.8, 4) is 0 Å². The molecule has 3 aromatic carbocycles. The van der Waals surface area contributed by atoms with Crippen LogP contribution in [0, 0.1) is 0 Å². The van der Waals surface area contributed by atoms with Crippen molar-refractivity contribution in [2.75, 3.05) is 49.1 Å². The molecule has 0 aromatic heterocycles. The van der Waals surface area contributed by atoms with E-state index in [1.54, 1.807) is 42.5 Å². The van der Waals surface area contributed by atoms with Gasteiger partial charge in [0, 0.05) is 78.5 Å². The molecule has 2 saturated heterocycles. The number of benzene rings is 3. The Morgan fingerprint density at radius 2 is 1.08 bits per heavy atom. The van der Waals surface area contributed by atoms with Gasteiger partial charge in [0.05, 0.1) is 0 Å². The average molecular weight is 480 g/mol. The van der Waals surface area contributed by atoms with E-state index in [0.29, 0.717) is 40.9 Å². The molecule has 0 spiro atoms. The summed E-state index contributed by atoms with van der Waals surface area (Å²) >= 11 is 0. The zero-order chi connectivity index (χ0) is 24.6. The second kappa shape index (κ2) is 9.26. The molecule has 1 aliphatic carbocycles. The number of amides is 1. The summed E-state index contributed by atoms with van der Waals surface area (Å²) in [7, 11) is 0. The Morgan fingerprint density at radius 3 is 1.69 bits per heavy atom. The predicted octanol–water partition coefficient (Wildman–Crippen LogP) is 4.41. The number of piperidine rings is 1. The van der Waals surface area contributed by atoms with E-state index in [-0.39, 0.29) is 17.5 Å². The lowest BCUT2D eigenvalue weighted by Crippen LogP contribution is -2.48. The highest BCUT2D eigenvalue weighted by molar-refractivity contribution is 6.28. The van der Waals surface area contributed by atoms with E-state index in [1.165, 1.54) is 30.6 Å². The fraction of sp³-hybridized carbons (Fsp3) is 0.300. The molecule has 6 rings (SSSR count). The molecule has 6 heteroatoms. The number of hydrogen-bond acceptors (Lipinski definition) is 5. The molecule has 2 fully saturated rings. The molecule has 0 atom stereocenters. The number of carbonyl (C=O) groups is 3. The van der Waals surface area contributed by atoms with E-state index >= 15 is 0 Å². The maximum Gasteiger partial charge on any atom is 0.253 e. The summed E-state index contributed by atoms with van der Waals surface area (Å²) in [5, 5.41) is 0. The second-order valence-electron chi connectivity index (χ2n) is 9.81. The minimum absolute atomic E-state index is 0.1000. The van der Waals surface area contributed by atoms with Gasteiger partial charge in [-0.3, -0.25) is 14.4 Å². The van der Waals surface area contributed by atoms with E-state index in [4.69, 9.17) is 0 Å². The van der Waals surface area contributed by atoms with Gasteiger partial charge >= 0.3 is 0 Å². The Bertz CT molecular complexity index is 1330.